The van der Waals surface area contributed by atoms with Crippen LogP contribution in [-0.2, 0) is 16.0 Å². The summed E-state index contributed by atoms with van der Waals surface area (Å²) in [6, 6.07) is 15.6. The number of benzene rings is 3. The van der Waals surface area contributed by atoms with Crippen molar-refractivity contribution >= 4 is 30.2 Å². The first-order valence-corrected chi connectivity index (χ1v) is 11.2. The van der Waals surface area contributed by atoms with Crippen molar-refractivity contribution in [3.05, 3.63) is 81.9 Å². The number of hydrogen-bond donors (Lipinski definition) is 2. The van der Waals surface area contributed by atoms with Gasteiger partial charge in [-0.15, -0.1) is 5.46 Å². The van der Waals surface area contributed by atoms with Gasteiger partial charge in [0, 0.05) is 11.6 Å². The van der Waals surface area contributed by atoms with Crippen molar-refractivity contribution in [1.82, 2.24) is 0 Å². The molecule has 5 nitrogen and oxygen atoms in total. The first-order valence-electron chi connectivity index (χ1n) is 11.2. The van der Waals surface area contributed by atoms with Gasteiger partial charge >= 0.3 is 70.4 Å². The third-order valence-electron chi connectivity index (χ3n) is 6.69. The molecule has 1 aliphatic rings. The van der Waals surface area contributed by atoms with Crippen molar-refractivity contribution in [3.8, 4) is 11.1 Å². The molecule has 0 aliphatic heterocycles. The molecule has 0 spiro atoms. The molecule has 2 N–H and O–H groups in total. The topological polar surface area (TPSA) is 75.6 Å². The number of fused-ring (bicyclic) bond motifs is 3. The van der Waals surface area contributed by atoms with Crippen molar-refractivity contribution in [2.45, 2.75) is 33.1 Å². The van der Waals surface area contributed by atoms with Crippen LogP contribution in [0, 0.1) is 20.8 Å². The molecule has 1 aliphatic carbocycles. The summed E-state index contributed by atoms with van der Waals surface area (Å²) in [7, 11) is 0. The van der Waals surface area contributed by atoms with Gasteiger partial charge in [-0.25, -0.2) is 4.79 Å². The Kier molecular flexibility index (Phi) is 8.78. The molecule has 0 radical (unpaired) electrons. The van der Waals surface area contributed by atoms with Gasteiger partial charge in [0.15, 0.2) is 0 Å². The predicted octanol–water partition coefficient (Wildman–Crippen LogP) is 2.66. The summed E-state index contributed by atoms with van der Waals surface area (Å²) in [5, 5.41) is 11.7. The molecule has 0 bridgehead atoms. The Balaban J connectivity index is 0.00000361. The van der Waals surface area contributed by atoms with Gasteiger partial charge in [0.2, 0.25) is 0 Å². The van der Waals surface area contributed by atoms with Gasteiger partial charge < -0.3 is 22.8 Å². The number of carbonyl (C=O) groups excluding carboxylic acids is 1. The van der Waals surface area contributed by atoms with E-state index in [0.29, 0.717) is 0 Å². The van der Waals surface area contributed by atoms with Crippen LogP contribution >= 0.6 is 0 Å². The summed E-state index contributed by atoms with van der Waals surface area (Å²) in [6.45, 7) is -1.39. The average molecular weight is 521 g/mol. The number of ether oxygens (including phenoxy) is 1. The van der Waals surface area contributed by atoms with Crippen LogP contribution < -0.4 is 62.2 Å². The molecule has 0 fully saturated rings. The van der Waals surface area contributed by atoms with Gasteiger partial charge in [-0.1, -0.05) is 59.7 Å². The van der Waals surface area contributed by atoms with Crippen molar-refractivity contribution in [3.63, 3.8) is 0 Å². The maximum absolute atomic E-state index is 13.9. The molecule has 182 valence electrons. The summed E-state index contributed by atoms with van der Waals surface area (Å²) in [5.41, 5.74) is 3.19. The molecular weight excluding hydrogens is 497 g/mol. The summed E-state index contributed by atoms with van der Waals surface area (Å²) in [5.74, 6) is -1.46. The zero-order chi connectivity index (χ0) is 25.5. The van der Waals surface area contributed by atoms with Gasteiger partial charge in [-0.05, 0) is 54.2 Å². The number of nitrogens with one attached hydrogen (secondary N) is 1. The molecule has 1 amide bonds. The Bertz CT molecular complexity index is 1300. The van der Waals surface area contributed by atoms with E-state index in [2.05, 4.69) is 5.32 Å². The first kappa shape index (κ1) is 28.5. The van der Waals surface area contributed by atoms with E-state index in [1.54, 1.807) is 0 Å². The van der Waals surface area contributed by atoms with E-state index in [4.69, 9.17) is 4.74 Å². The quantitative estimate of drug-likeness (QED) is 0.490. The zero-order valence-electron chi connectivity index (χ0n) is 20.5. The molecular formula is C26H24BF3KNO4. The number of halogens is 3. The predicted molar refractivity (Wildman–Crippen MR) is 129 cm³/mol. The molecule has 0 aromatic heterocycles. The molecule has 4 rings (SSSR count). The van der Waals surface area contributed by atoms with E-state index < -0.39 is 30.9 Å². The molecule has 0 unspecified atom stereocenters. The number of hydrogen-bond acceptors (Lipinski definition) is 3. The van der Waals surface area contributed by atoms with Gasteiger partial charge in [-0.3, -0.25) is 10.1 Å². The van der Waals surface area contributed by atoms with Gasteiger partial charge in [0.1, 0.15) is 6.61 Å². The summed E-state index contributed by atoms with van der Waals surface area (Å²) in [4.78, 5) is 24.1. The van der Waals surface area contributed by atoms with Crippen LogP contribution in [0.3, 0.4) is 0 Å². The minimum absolute atomic E-state index is 0. The number of aliphatic carboxylic acids is 1. The fraction of sp³-hybridized carbons (Fsp3) is 0.231. The maximum atomic E-state index is 13.9. The Labute approximate surface area is 249 Å². The Hall–Kier alpha value is -2.11. The number of carbonyl (C=O) groups is 2. The molecule has 0 heterocycles. The SMILES string of the molecule is Cc1c(CC(=O)O)c(C)c([B-](F)(F)F)c(C)c1NC(=O)OCC1c2ccccc2-c2ccccc21.[K+]. The number of carboxylic acids is 1. The van der Waals surface area contributed by atoms with Crippen LogP contribution in [-0.4, -0.2) is 30.8 Å². The zero-order valence-corrected chi connectivity index (χ0v) is 23.6. The smallest absolute Gasteiger partial charge is 0.481 e. The Morgan fingerprint density at radius 2 is 1.44 bits per heavy atom. The van der Waals surface area contributed by atoms with Crippen LogP contribution in [0.1, 0.15) is 39.3 Å². The van der Waals surface area contributed by atoms with Crippen LogP contribution in [0.2, 0.25) is 0 Å². The minimum atomic E-state index is -5.44. The van der Waals surface area contributed by atoms with E-state index in [-0.39, 0.29) is 91.9 Å². The molecule has 3 aromatic carbocycles. The molecule has 0 saturated carbocycles. The van der Waals surface area contributed by atoms with E-state index in [0.717, 1.165) is 22.3 Å². The van der Waals surface area contributed by atoms with E-state index >= 15 is 0 Å². The summed E-state index contributed by atoms with van der Waals surface area (Å²) >= 11 is 0. The number of amides is 1. The van der Waals surface area contributed by atoms with Crippen LogP contribution in [0.25, 0.3) is 11.1 Å². The second-order valence-corrected chi connectivity index (χ2v) is 8.74. The van der Waals surface area contributed by atoms with Crippen molar-refractivity contribution < 1.29 is 83.8 Å². The van der Waals surface area contributed by atoms with Crippen LogP contribution in [0.5, 0.6) is 0 Å². The third kappa shape index (κ3) is 5.43. The third-order valence-corrected chi connectivity index (χ3v) is 6.69. The molecule has 0 atom stereocenters. The van der Waals surface area contributed by atoms with E-state index in [1.165, 1.54) is 20.8 Å². The van der Waals surface area contributed by atoms with Crippen molar-refractivity contribution in [2.75, 3.05) is 11.9 Å². The minimum Gasteiger partial charge on any atom is -0.481 e. The standard InChI is InChI=1S/C26H24BF3NO4.K/c1-14-21(12-23(32)33)15(2)25(16(3)24(14)27(28,29)30)31-26(34)35-13-22-19-10-6-4-8-17(19)18-9-5-7-11-20(18)22;/h4-11,22H,12-13H2,1-3H3,(H,31,34)(H,32,33);/q-1;+1. The fourth-order valence-corrected chi connectivity index (χ4v) is 5.12. The Morgan fingerprint density at radius 1 is 0.917 bits per heavy atom. The maximum Gasteiger partial charge on any atom is 1.00 e. The molecule has 3 aromatic rings. The summed E-state index contributed by atoms with van der Waals surface area (Å²) < 4.78 is 47.1. The second-order valence-electron chi connectivity index (χ2n) is 8.74. The van der Waals surface area contributed by atoms with Crippen LogP contribution in [0.4, 0.5) is 23.4 Å². The monoisotopic (exact) mass is 521 g/mol. The Morgan fingerprint density at radius 3 is 1.94 bits per heavy atom. The number of carboxylic acid groups (broad SMARTS) is 1. The summed E-state index contributed by atoms with van der Waals surface area (Å²) in [6.07, 6.45) is -1.49. The van der Waals surface area contributed by atoms with Gasteiger partial charge in [-0.2, -0.15) is 0 Å². The molecule has 0 saturated heterocycles. The van der Waals surface area contributed by atoms with Crippen molar-refractivity contribution in [2.24, 2.45) is 0 Å². The largest absolute Gasteiger partial charge is 1.00 e. The van der Waals surface area contributed by atoms with Crippen LogP contribution in [0.15, 0.2) is 48.5 Å². The fourth-order valence-electron chi connectivity index (χ4n) is 5.12. The molecule has 10 heteroatoms. The second kappa shape index (κ2) is 11.1. The normalized spacial score (nSPS) is 12.4. The number of anilines is 1. The van der Waals surface area contributed by atoms with E-state index in [9.17, 15) is 27.6 Å². The van der Waals surface area contributed by atoms with Gasteiger partial charge in [0.05, 0.1) is 6.42 Å². The first-order chi connectivity index (χ1) is 16.5. The average Bonchev–Trinajstić information content (AvgIpc) is 3.11. The molecule has 36 heavy (non-hydrogen) atoms. The number of rotatable bonds is 6. The van der Waals surface area contributed by atoms with E-state index in [1.807, 2.05) is 48.5 Å². The van der Waals surface area contributed by atoms with Gasteiger partial charge in [0.25, 0.3) is 0 Å². The van der Waals surface area contributed by atoms with Crippen molar-refractivity contribution in [1.29, 1.82) is 0 Å².